The minimum Gasteiger partial charge on any atom is -0.436 e. The number of carbonyl (C=O) groups is 1. The van der Waals surface area contributed by atoms with Crippen LogP contribution in [0.25, 0.3) is 27.9 Å². The highest BCUT2D eigenvalue weighted by Gasteiger charge is 2.21. The molecule has 0 atom stereocenters. The van der Waals surface area contributed by atoms with Crippen LogP contribution in [0, 0.1) is 12.7 Å². The third-order valence-corrected chi connectivity index (χ3v) is 5.51. The highest BCUT2D eigenvalue weighted by atomic mass is 19.1. The molecule has 184 valence electrons. The van der Waals surface area contributed by atoms with E-state index in [9.17, 15) is 4.79 Å². The fourth-order valence-corrected chi connectivity index (χ4v) is 3.87. The molecule has 9 nitrogen and oxygen atoms in total. The number of fused-ring (bicyclic) bond motifs is 1. The van der Waals surface area contributed by atoms with Gasteiger partial charge in [-0.05, 0) is 55.8 Å². The summed E-state index contributed by atoms with van der Waals surface area (Å²) in [6.07, 6.45) is 4.40. The molecule has 0 aliphatic rings. The number of rotatable bonds is 6. The molecule has 0 spiro atoms. The Balaban J connectivity index is 1.56. The SMILES string of the molecule is C/C=C/C(=O)Nc1ccc(-c2nn3ncnc(N)c3c2-c2ccc(Oc3cccc(C)n3)c(F)c2)cc1. The Bertz CT molecular complexity index is 1650. The molecule has 0 bridgehead atoms. The van der Waals surface area contributed by atoms with Crippen molar-refractivity contribution in [3.63, 3.8) is 0 Å². The number of carbonyl (C=O) groups excluding carboxylic acids is 1. The molecule has 37 heavy (non-hydrogen) atoms. The van der Waals surface area contributed by atoms with Crippen LogP contribution in [0.3, 0.4) is 0 Å². The number of nitrogens with one attached hydrogen (secondary N) is 1. The summed E-state index contributed by atoms with van der Waals surface area (Å²) in [7, 11) is 0. The molecule has 10 heteroatoms. The van der Waals surface area contributed by atoms with Gasteiger partial charge in [0.25, 0.3) is 0 Å². The number of allylic oxidation sites excluding steroid dienone is 1. The van der Waals surface area contributed by atoms with Crippen molar-refractivity contribution < 1.29 is 13.9 Å². The van der Waals surface area contributed by atoms with Gasteiger partial charge in [-0.3, -0.25) is 4.79 Å². The van der Waals surface area contributed by atoms with Crippen LogP contribution in [0.4, 0.5) is 15.9 Å². The van der Waals surface area contributed by atoms with Crippen LogP contribution in [0.2, 0.25) is 0 Å². The number of aromatic nitrogens is 5. The molecule has 0 unspecified atom stereocenters. The molecule has 2 aromatic carbocycles. The van der Waals surface area contributed by atoms with Gasteiger partial charge in [-0.15, -0.1) is 14.8 Å². The smallest absolute Gasteiger partial charge is 0.248 e. The number of nitrogens with zero attached hydrogens (tertiary/aromatic N) is 5. The molecule has 0 saturated heterocycles. The first-order valence-corrected chi connectivity index (χ1v) is 11.4. The second kappa shape index (κ2) is 9.86. The summed E-state index contributed by atoms with van der Waals surface area (Å²) in [5.41, 5.74) is 10.3. The predicted molar refractivity (Wildman–Crippen MR) is 139 cm³/mol. The second-order valence-corrected chi connectivity index (χ2v) is 8.14. The highest BCUT2D eigenvalue weighted by Crippen LogP contribution is 2.38. The van der Waals surface area contributed by atoms with E-state index >= 15 is 4.39 Å². The number of halogens is 1. The van der Waals surface area contributed by atoms with Crippen LogP contribution in [0.15, 0.2) is 79.1 Å². The van der Waals surface area contributed by atoms with Gasteiger partial charge in [0.1, 0.15) is 17.5 Å². The lowest BCUT2D eigenvalue weighted by atomic mass is 9.99. The number of benzene rings is 2. The first-order chi connectivity index (χ1) is 17.9. The van der Waals surface area contributed by atoms with Crippen LogP contribution in [0.5, 0.6) is 11.6 Å². The number of ether oxygens (including phenoxy) is 1. The quantitative estimate of drug-likeness (QED) is 0.311. The van der Waals surface area contributed by atoms with E-state index in [2.05, 4.69) is 25.5 Å². The Labute approximate surface area is 211 Å². The van der Waals surface area contributed by atoms with Crippen LogP contribution in [-0.4, -0.2) is 30.7 Å². The van der Waals surface area contributed by atoms with Gasteiger partial charge in [0.05, 0.1) is 0 Å². The van der Waals surface area contributed by atoms with Gasteiger partial charge in [-0.1, -0.05) is 30.3 Å². The molecule has 5 aromatic rings. The van der Waals surface area contributed by atoms with Crippen LogP contribution < -0.4 is 15.8 Å². The van der Waals surface area contributed by atoms with Gasteiger partial charge in [0.15, 0.2) is 17.4 Å². The first-order valence-electron chi connectivity index (χ1n) is 11.4. The van der Waals surface area contributed by atoms with Gasteiger partial charge in [0.2, 0.25) is 11.8 Å². The van der Waals surface area contributed by atoms with E-state index in [0.29, 0.717) is 39.5 Å². The first kappa shape index (κ1) is 23.6. The molecule has 0 saturated carbocycles. The van der Waals surface area contributed by atoms with Crippen LogP contribution in [-0.2, 0) is 4.79 Å². The summed E-state index contributed by atoms with van der Waals surface area (Å²) in [5.74, 6) is -0.287. The second-order valence-electron chi connectivity index (χ2n) is 8.14. The number of hydrogen-bond acceptors (Lipinski definition) is 7. The predicted octanol–water partition coefficient (Wildman–Crippen LogP) is 5.19. The van der Waals surface area contributed by atoms with Crippen molar-refractivity contribution in [2.75, 3.05) is 11.1 Å². The number of amides is 1. The van der Waals surface area contributed by atoms with E-state index in [4.69, 9.17) is 10.5 Å². The van der Waals surface area contributed by atoms with Crippen molar-refractivity contribution in [3.8, 4) is 34.0 Å². The largest absolute Gasteiger partial charge is 0.436 e. The third kappa shape index (κ3) is 4.85. The molecule has 1 amide bonds. The maximum absolute atomic E-state index is 15.2. The minimum atomic E-state index is -0.580. The van der Waals surface area contributed by atoms with Crippen LogP contribution in [0.1, 0.15) is 12.6 Å². The maximum Gasteiger partial charge on any atom is 0.248 e. The number of aryl methyl sites for hydroxylation is 1. The fourth-order valence-electron chi connectivity index (χ4n) is 3.87. The Morgan fingerprint density at radius 3 is 2.62 bits per heavy atom. The molecular weight excluding hydrogens is 473 g/mol. The Morgan fingerprint density at radius 2 is 1.89 bits per heavy atom. The van der Waals surface area contributed by atoms with Crippen molar-refractivity contribution in [1.82, 2.24) is 24.8 Å². The van der Waals surface area contributed by atoms with Gasteiger partial charge in [-0.2, -0.15) is 0 Å². The van der Waals surface area contributed by atoms with Crippen molar-refractivity contribution in [2.24, 2.45) is 0 Å². The average molecular weight is 496 g/mol. The Kier molecular flexibility index (Phi) is 6.29. The summed E-state index contributed by atoms with van der Waals surface area (Å²) in [6.45, 7) is 3.59. The number of anilines is 2. The monoisotopic (exact) mass is 495 g/mol. The zero-order valence-electron chi connectivity index (χ0n) is 20.0. The molecule has 3 N–H and O–H groups in total. The minimum absolute atomic E-state index is 0.0327. The summed E-state index contributed by atoms with van der Waals surface area (Å²) in [5, 5.41) is 11.6. The number of nitrogens with two attached hydrogens (primary N) is 1. The fraction of sp³-hybridized carbons (Fsp3) is 0.0741. The molecule has 0 fully saturated rings. The molecule has 3 heterocycles. The average Bonchev–Trinajstić information content (AvgIpc) is 3.27. The third-order valence-electron chi connectivity index (χ3n) is 5.51. The van der Waals surface area contributed by atoms with Crippen LogP contribution >= 0.6 is 0 Å². The van der Waals surface area contributed by atoms with Crippen molar-refractivity contribution in [1.29, 1.82) is 0 Å². The van der Waals surface area contributed by atoms with E-state index in [1.54, 1.807) is 55.5 Å². The van der Waals surface area contributed by atoms with Gasteiger partial charge < -0.3 is 15.8 Å². The number of pyridine rings is 1. The molecule has 5 rings (SSSR count). The Morgan fingerprint density at radius 1 is 1.11 bits per heavy atom. The maximum atomic E-state index is 15.2. The summed E-state index contributed by atoms with van der Waals surface area (Å²) in [6, 6.07) is 17.0. The van der Waals surface area contributed by atoms with E-state index in [0.717, 1.165) is 5.69 Å². The van der Waals surface area contributed by atoms with Crippen molar-refractivity contribution >= 4 is 22.9 Å². The van der Waals surface area contributed by atoms with E-state index < -0.39 is 5.82 Å². The molecule has 3 aromatic heterocycles. The molecule has 0 radical (unpaired) electrons. The summed E-state index contributed by atoms with van der Waals surface area (Å²) >= 11 is 0. The summed E-state index contributed by atoms with van der Waals surface area (Å²) < 4.78 is 22.2. The lowest BCUT2D eigenvalue weighted by Crippen LogP contribution is -2.07. The topological polar surface area (TPSA) is 120 Å². The van der Waals surface area contributed by atoms with Crippen molar-refractivity contribution in [2.45, 2.75) is 13.8 Å². The molecular formula is C27H22FN7O2. The molecule has 0 aliphatic heterocycles. The number of hydrogen-bond donors (Lipinski definition) is 2. The number of nitrogen functional groups attached to an aromatic ring is 1. The zero-order valence-corrected chi connectivity index (χ0v) is 20.0. The van der Waals surface area contributed by atoms with Crippen molar-refractivity contribution in [3.05, 3.63) is 90.7 Å². The van der Waals surface area contributed by atoms with E-state index in [1.165, 1.54) is 29.2 Å². The Hall–Kier alpha value is -5.12. The van der Waals surface area contributed by atoms with Gasteiger partial charge in [0, 0.05) is 28.6 Å². The van der Waals surface area contributed by atoms with E-state index in [1.807, 2.05) is 13.0 Å². The standard InChI is InChI=1S/C27H22FN7O2/c1-3-5-22(36)33-19-11-8-17(9-12-19)25-24(26-27(29)30-15-31-35(26)34-25)18-10-13-21(20(28)14-18)37-23-7-4-6-16(2)32-23/h3-15H,1-2H3,(H,33,36)(H2,29,30,31)/b5-3+. The van der Waals surface area contributed by atoms with Gasteiger partial charge >= 0.3 is 0 Å². The normalized spacial score (nSPS) is 11.2. The highest BCUT2D eigenvalue weighted by molar-refractivity contribution is 6.00. The lowest BCUT2D eigenvalue weighted by Gasteiger charge is -2.10. The molecule has 0 aliphatic carbocycles. The van der Waals surface area contributed by atoms with Gasteiger partial charge in [-0.25, -0.2) is 14.4 Å². The lowest BCUT2D eigenvalue weighted by molar-refractivity contribution is -0.111. The van der Waals surface area contributed by atoms with E-state index in [-0.39, 0.29) is 17.5 Å². The zero-order chi connectivity index (χ0) is 25.9. The summed E-state index contributed by atoms with van der Waals surface area (Å²) in [4.78, 5) is 20.2.